The minimum Gasteiger partial charge on any atom is -0.486 e. The van der Waals surface area contributed by atoms with Crippen molar-refractivity contribution >= 4 is 26.2 Å². The smallest absolute Gasteiger partial charge is 0.335 e. The van der Waals surface area contributed by atoms with Crippen LogP contribution in [0.1, 0.15) is 27.3 Å². The molecule has 0 saturated heterocycles. The summed E-state index contributed by atoms with van der Waals surface area (Å²) in [5.74, 6) is 0.0325. The van der Waals surface area contributed by atoms with E-state index in [2.05, 4.69) is 4.98 Å². The molecule has 0 bridgehead atoms. The summed E-state index contributed by atoms with van der Waals surface area (Å²) in [6, 6.07) is 20.0. The Kier molecular flexibility index (Phi) is 5.70. The Balaban J connectivity index is 1.62. The molecular weight excluding hydrogens is 421 g/mol. The van der Waals surface area contributed by atoms with Gasteiger partial charge in [-0.1, -0.05) is 51.7 Å². The predicted molar refractivity (Wildman–Crippen MR) is 117 cm³/mol. The molecule has 0 fully saturated rings. The Morgan fingerprint density at radius 1 is 1.06 bits per heavy atom. The van der Waals surface area contributed by atoms with E-state index in [1.54, 1.807) is 24.3 Å². The number of carboxylic acid groups (broad SMARTS) is 1. The Bertz CT molecular complexity index is 1230. The minimum absolute atomic E-state index is 0.0707. The molecule has 3 aromatic carbocycles. The molecule has 0 amide bonds. The van der Waals surface area contributed by atoms with Crippen molar-refractivity contribution in [3.8, 4) is 5.75 Å². The summed E-state index contributed by atoms with van der Waals surface area (Å²) in [4.78, 5) is 15.8. The van der Waals surface area contributed by atoms with Crippen LogP contribution in [0.5, 0.6) is 5.75 Å². The maximum absolute atomic E-state index is 13.5. The van der Waals surface area contributed by atoms with E-state index in [0.717, 1.165) is 16.6 Å². The van der Waals surface area contributed by atoms with Crippen LogP contribution in [-0.2, 0) is 18.8 Å². The second kappa shape index (κ2) is 8.44. The molecule has 158 valence electrons. The summed E-state index contributed by atoms with van der Waals surface area (Å²) in [6.07, 6.45) is 0. The first kappa shape index (κ1) is 20.9. The van der Waals surface area contributed by atoms with Gasteiger partial charge in [0, 0.05) is 12.1 Å². The number of halogens is 2. The fourth-order valence-corrected chi connectivity index (χ4v) is 3.49. The number of hydrogen-bond acceptors (Lipinski definition) is 3. The van der Waals surface area contributed by atoms with Gasteiger partial charge in [0.1, 0.15) is 18.2 Å². The maximum Gasteiger partial charge on any atom is 0.335 e. The van der Waals surface area contributed by atoms with E-state index in [-0.39, 0.29) is 17.7 Å². The van der Waals surface area contributed by atoms with Crippen LogP contribution in [0.15, 0.2) is 72.8 Å². The number of benzene rings is 3. The topological polar surface area (TPSA) is 64.3 Å². The van der Waals surface area contributed by atoms with Gasteiger partial charge in [-0.05, 0) is 35.9 Å². The van der Waals surface area contributed by atoms with Crippen LogP contribution in [-0.4, -0.2) is 20.6 Å². The number of hydrogen-bond donors (Lipinski definition) is 1. The van der Waals surface area contributed by atoms with Crippen molar-refractivity contribution in [1.82, 2.24) is 9.55 Å². The summed E-state index contributed by atoms with van der Waals surface area (Å²) >= 11 is 0. The number of nitrogens with zero attached hydrogens (tertiary/aromatic N) is 2. The molecule has 1 atom stereocenters. The lowest BCUT2D eigenvalue weighted by Gasteiger charge is -2.13. The van der Waals surface area contributed by atoms with Gasteiger partial charge in [0.05, 0.1) is 16.6 Å². The third-order valence-corrected chi connectivity index (χ3v) is 5.20. The SMILES string of the molecule is O=C(O)c1cccc(OCc2nc3ccccc3n2Cc2ccc(C(F)(F)P)cc2)c1. The zero-order valence-corrected chi connectivity index (χ0v) is 17.5. The molecule has 1 aromatic heterocycles. The van der Waals surface area contributed by atoms with E-state index in [1.807, 2.05) is 28.8 Å². The van der Waals surface area contributed by atoms with Crippen molar-refractivity contribution in [1.29, 1.82) is 0 Å². The first-order valence-corrected chi connectivity index (χ1v) is 10.1. The highest BCUT2D eigenvalue weighted by Gasteiger charge is 2.24. The van der Waals surface area contributed by atoms with E-state index in [0.29, 0.717) is 18.1 Å². The van der Waals surface area contributed by atoms with Crippen LogP contribution in [0.25, 0.3) is 11.0 Å². The summed E-state index contributed by atoms with van der Waals surface area (Å²) in [5.41, 5.74) is -0.385. The van der Waals surface area contributed by atoms with Gasteiger partial charge in [-0.3, -0.25) is 0 Å². The van der Waals surface area contributed by atoms with Gasteiger partial charge < -0.3 is 14.4 Å². The van der Waals surface area contributed by atoms with Crippen LogP contribution < -0.4 is 4.74 Å². The zero-order chi connectivity index (χ0) is 22.0. The molecule has 0 saturated carbocycles. The monoisotopic (exact) mass is 440 g/mol. The van der Waals surface area contributed by atoms with Crippen LogP contribution in [0.2, 0.25) is 0 Å². The van der Waals surface area contributed by atoms with Crippen LogP contribution >= 0.6 is 9.24 Å². The van der Waals surface area contributed by atoms with E-state index in [1.165, 1.54) is 33.5 Å². The highest BCUT2D eigenvalue weighted by Crippen LogP contribution is 2.34. The number of aromatic nitrogens is 2. The molecule has 0 aliphatic heterocycles. The van der Waals surface area contributed by atoms with Gasteiger partial charge in [0.25, 0.3) is 5.66 Å². The average Bonchev–Trinajstić information content (AvgIpc) is 3.09. The molecule has 4 aromatic rings. The van der Waals surface area contributed by atoms with Crippen molar-refractivity contribution in [3.05, 3.63) is 95.3 Å². The van der Waals surface area contributed by atoms with Crippen molar-refractivity contribution in [2.45, 2.75) is 18.8 Å². The molecule has 0 spiro atoms. The molecule has 1 N–H and O–H groups in total. The van der Waals surface area contributed by atoms with E-state index in [4.69, 9.17) is 9.84 Å². The lowest BCUT2D eigenvalue weighted by Crippen LogP contribution is -2.09. The highest BCUT2D eigenvalue weighted by atomic mass is 31.0. The number of fused-ring (bicyclic) bond motifs is 1. The van der Waals surface area contributed by atoms with Crippen LogP contribution in [0, 0.1) is 0 Å². The largest absolute Gasteiger partial charge is 0.486 e. The molecule has 1 heterocycles. The molecular formula is C23H19F2N2O3P. The Morgan fingerprint density at radius 2 is 1.81 bits per heavy atom. The van der Waals surface area contributed by atoms with E-state index in [9.17, 15) is 13.6 Å². The zero-order valence-electron chi connectivity index (χ0n) is 16.3. The second-order valence-corrected chi connectivity index (χ2v) is 7.77. The lowest BCUT2D eigenvalue weighted by atomic mass is 10.1. The van der Waals surface area contributed by atoms with E-state index >= 15 is 0 Å². The van der Waals surface area contributed by atoms with Crippen molar-refractivity contribution in [3.63, 3.8) is 0 Å². The number of carboxylic acids is 1. The second-order valence-electron chi connectivity index (χ2n) is 7.04. The van der Waals surface area contributed by atoms with Gasteiger partial charge in [-0.25, -0.2) is 9.78 Å². The summed E-state index contributed by atoms with van der Waals surface area (Å²) < 4.78 is 34.7. The third-order valence-electron chi connectivity index (χ3n) is 4.86. The summed E-state index contributed by atoms with van der Waals surface area (Å²) in [5, 5.41) is 9.15. The molecule has 31 heavy (non-hydrogen) atoms. The van der Waals surface area contributed by atoms with Gasteiger partial charge in [-0.2, -0.15) is 8.78 Å². The molecule has 0 radical (unpaired) electrons. The van der Waals surface area contributed by atoms with Gasteiger partial charge in [0.15, 0.2) is 0 Å². The molecule has 8 heteroatoms. The summed E-state index contributed by atoms with van der Waals surface area (Å²) in [7, 11) is 1.54. The number of aromatic carboxylic acids is 1. The third kappa shape index (κ3) is 4.72. The quantitative estimate of drug-likeness (QED) is 0.397. The fraction of sp³-hybridized carbons (Fsp3) is 0.130. The Hall–Kier alpha value is -3.31. The highest BCUT2D eigenvalue weighted by molar-refractivity contribution is 7.17. The summed E-state index contributed by atoms with van der Waals surface area (Å²) in [6.45, 7) is 0.552. The lowest BCUT2D eigenvalue weighted by molar-refractivity contribution is 0.0696. The van der Waals surface area contributed by atoms with Gasteiger partial charge in [-0.15, -0.1) is 0 Å². The average molecular weight is 440 g/mol. The first-order chi connectivity index (χ1) is 14.8. The predicted octanol–water partition coefficient (Wildman–Crippen LogP) is 5.29. The number of rotatable bonds is 7. The van der Waals surface area contributed by atoms with Crippen molar-refractivity contribution < 1.29 is 23.4 Å². The fourth-order valence-electron chi connectivity index (χ4n) is 3.29. The Labute approximate surface area is 179 Å². The van der Waals surface area contributed by atoms with Crippen molar-refractivity contribution in [2.75, 3.05) is 0 Å². The number of ether oxygens (including phenoxy) is 1. The first-order valence-electron chi connectivity index (χ1n) is 9.48. The maximum atomic E-state index is 13.5. The molecule has 1 unspecified atom stereocenters. The van der Waals surface area contributed by atoms with E-state index < -0.39 is 11.6 Å². The minimum atomic E-state index is -2.97. The Morgan fingerprint density at radius 3 is 2.52 bits per heavy atom. The normalized spacial score (nSPS) is 11.6. The molecule has 4 rings (SSSR count). The van der Waals surface area contributed by atoms with Gasteiger partial charge in [0.2, 0.25) is 0 Å². The van der Waals surface area contributed by atoms with Crippen molar-refractivity contribution in [2.24, 2.45) is 0 Å². The molecule has 5 nitrogen and oxygen atoms in total. The number of carbonyl (C=O) groups is 1. The number of alkyl halides is 2. The van der Waals surface area contributed by atoms with Gasteiger partial charge >= 0.3 is 5.97 Å². The van der Waals surface area contributed by atoms with Crippen LogP contribution in [0.3, 0.4) is 0 Å². The van der Waals surface area contributed by atoms with Crippen LogP contribution in [0.4, 0.5) is 8.78 Å². The number of imidazole rings is 1. The number of para-hydroxylation sites is 2. The molecule has 0 aliphatic rings. The standard InChI is InChI=1S/C23H19F2N2O3P/c24-23(25,31)17-10-8-15(9-11-17)13-27-20-7-2-1-6-19(20)26-21(27)14-30-18-5-3-4-16(12-18)22(28)29/h1-12H,13-14,31H2,(H,28,29). The molecule has 0 aliphatic carbocycles.